The summed E-state index contributed by atoms with van der Waals surface area (Å²) in [5.41, 5.74) is 1.12. The number of fused-ring (bicyclic) bond motifs is 1. The van der Waals surface area contributed by atoms with E-state index in [4.69, 9.17) is 23.7 Å². The van der Waals surface area contributed by atoms with Gasteiger partial charge < -0.3 is 28.6 Å². The zero-order chi connectivity index (χ0) is 28.1. The van der Waals surface area contributed by atoms with Gasteiger partial charge in [-0.1, -0.05) is 6.58 Å². The average molecular weight is 537 g/mol. The van der Waals surface area contributed by atoms with Crippen LogP contribution in [0.2, 0.25) is 0 Å². The first-order chi connectivity index (χ1) is 18.8. The van der Waals surface area contributed by atoms with Gasteiger partial charge in [0.15, 0.2) is 17.3 Å². The second-order valence-corrected chi connectivity index (χ2v) is 9.05. The van der Waals surface area contributed by atoms with Crippen LogP contribution in [0.15, 0.2) is 48.7 Å². The molecule has 0 aliphatic carbocycles. The maximum Gasteiger partial charge on any atom is 0.418 e. The number of amides is 1. The van der Waals surface area contributed by atoms with Crippen molar-refractivity contribution in [3.8, 4) is 23.0 Å². The predicted octanol–water partition coefficient (Wildman–Crippen LogP) is 4.46. The molecule has 3 aromatic rings. The van der Waals surface area contributed by atoms with Crippen molar-refractivity contribution in [3.63, 3.8) is 0 Å². The van der Waals surface area contributed by atoms with E-state index in [2.05, 4.69) is 6.58 Å². The monoisotopic (exact) mass is 536 g/mol. The van der Waals surface area contributed by atoms with E-state index < -0.39 is 6.09 Å². The standard InChI is InChI=1S/C29H32N2O8/c1-18(28(33)30-11-7-6-8-12-30)17-39-29(34)31-16-22(21-10-9-20(35-2)15-23(21)31)26(32)19-13-24(36-3)27(38-5)25(14-19)37-4/h9-10,13-16H,1,6-8,11-12,17H2,2-5H3. The van der Waals surface area contributed by atoms with E-state index in [0.717, 1.165) is 19.3 Å². The van der Waals surface area contributed by atoms with Crippen LogP contribution < -0.4 is 18.9 Å². The number of benzene rings is 2. The zero-order valence-electron chi connectivity index (χ0n) is 22.6. The third-order valence-electron chi connectivity index (χ3n) is 6.70. The fourth-order valence-corrected chi connectivity index (χ4v) is 4.63. The third-order valence-corrected chi connectivity index (χ3v) is 6.70. The minimum Gasteiger partial charge on any atom is -0.497 e. The number of carbonyl (C=O) groups is 3. The number of aromatic nitrogens is 1. The van der Waals surface area contributed by atoms with Crippen LogP contribution in [0.4, 0.5) is 4.79 Å². The molecule has 10 heteroatoms. The number of methoxy groups -OCH3 is 4. The quantitative estimate of drug-likeness (QED) is 0.292. The molecule has 0 saturated carbocycles. The second-order valence-electron chi connectivity index (χ2n) is 9.05. The predicted molar refractivity (Wildman–Crippen MR) is 144 cm³/mol. The Bertz CT molecular complexity index is 1390. The summed E-state index contributed by atoms with van der Waals surface area (Å²) in [7, 11) is 5.90. The van der Waals surface area contributed by atoms with E-state index in [9.17, 15) is 14.4 Å². The van der Waals surface area contributed by atoms with Crippen LogP contribution in [0, 0.1) is 0 Å². The molecule has 0 spiro atoms. The Balaban J connectivity index is 1.65. The summed E-state index contributed by atoms with van der Waals surface area (Å²) in [4.78, 5) is 41.3. The number of hydrogen-bond donors (Lipinski definition) is 0. The van der Waals surface area contributed by atoms with E-state index in [1.54, 1.807) is 35.2 Å². The molecule has 0 radical (unpaired) electrons. The van der Waals surface area contributed by atoms with E-state index >= 15 is 0 Å². The van der Waals surface area contributed by atoms with Crippen molar-refractivity contribution in [2.45, 2.75) is 19.3 Å². The van der Waals surface area contributed by atoms with Gasteiger partial charge in [0, 0.05) is 47.4 Å². The summed E-state index contributed by atoms with van der Waals surface area (Å²) in [5, 5.41) is 0.509. The van der Waals surface area contributed by atoms with Crippen LogP contribution in [0.1, 0.15) is 35.2 Å². The topological polar surface area (TPSA) is 106 Å². The van der Waals surface area contributed by atoms with Gasteiger partial charge in [-0.2, -0.15) is 0 Å². The summed E-state index contributed by atoms with van der Waals surface area (Å²) < 4.78 is 28.2. The van der Waals surface area contributed by atoms with Crippen molar-refractivity contribution >= 4 is 28.7 Å². The van der Waals surface area contributed by atoms with Gasteiger partial charge in [-0.25, -0.2) is 4.79 Å². The molecule has 1 aliphatic rings. The van der Waals surface area contributed by atoms with Gasteiger partial charge in [-0.3, -0.25) is 14.2 Å². The van der Waals surface area contributed by atoms with E-state index in [0.29, 0.717) is 47.0 Å². The number of carbonyl (C=O) groups excluding carboxylic acids is 3. The summed E-state index contributed by atoms with van der Waals surface area (Å²) in [5.74, 6) is 0.891. The molecule has 2 aromatic carbocycles. The number of rotatable bonds is 9. The molecule has 10 nitrogen and oxygen atoms in total. The number of likely N-dealkylation sites (tertiary alicyclic amines) is 1. The molecule has 0 atom stereocenters. The first-order valence-electron chi connectivity index (χ1n) is 12.5. The normalized spacial score (nSPS) is 13.1. The van der Waals surface area contributed by atoms with Crippen molar-refractivity contribution in [2.24, 2.45) is 0 Å². The minimum absolute atomic E-state index is 0.188. The Morgan fingerprint density at radius 1 is 0.872 bits per heavy atom. The van der Waals surface area contributed by atoms with Crippen molar-refractivity contribution < 1.29 is 38.1 Å². The maximum atomic E-state index is 13.7. The van der Waals surface area contributed by atoms with Crippen LogP contribution in [-0.4, -0.2) is 75.4 Å². The molecule has 0 unspecified atom stereocenters. The molecule has 1 fully saturated rings. The Kier molecular flexibility index (Phi) is 8.43. The zero-order valence-corrected chi connectivity index (χ0v) is 22.6. The highest BCUT2D eigenvalue weighted by atomic mass is 16.6. The lowest BCUT2D eigenvalue weighted by Gasteiger charge is -2.27. The first kappa shape index (κ1) is 27.6. The Hall–Kier alpha value is -4.47. The largest absolute Gasteiger partial charge is 0.497 e. The van der Waals surface area contributed by atoms with Gasteiger partial charge in [0.2, 0.25) is 5.75 Å². The van der Waals surface area contributed by atoms with Crippen molar-refractivity contribution in [1.29, 1.82) is 0 Å². The van der Waals surface area contributed by atoms with Crippen LogP contribution in [0.25, 0.3) is 10.9 Å². The van der Waals surface area contributed by atoms with Crippen LogP contribution in [0.3, 0.4) is 0 Å². The molecular formula is C29H32N2O8. The molecular weight excluding hydrogens is 504 g/mol. The molecule has 1 amide bonds. The highest BCUT2D eigenvalue weighted by Gasteiger charge is 2.25. The van der Waals surface area contributed by atoms with Crippen LogP contribution in [-0.2, 0) is 9.53 Å². The number of nitrogens with zero attached hydrogens (tertiary/aromatic N) is 2. The summed E-state index contributed by atoms with van der Waals surface area (Å²) in [6.45, 7) is 4.88. The summed E-state index contributed by atoms with van der Waals surface area (Å²) in [6.07, 6.45) is 3.63. The van der Waals surface area contributed by atoms with E-state index in [1.807, 2.05) is 0 Å². The number of ketones is 1. The first-order valence-corrected chi connectivity index (χ1v) is 12.5. The van der Waals surface area contributed by atoms with Gasteiger partial charge in [0.25, 0.3) is 5.91 Å². The van der Waals surface area contributed by atoms with Crippen molar-refractivity contribution in [1.82, 2.24) is 9.47 Å². The Morgan fingerprint density at radius 3 is 2.13 bits per heavy atom. The van der Waals surface area contributed by atoms with Crippen molar-refractivity contribution in [2.75, 3.05) is 48.1 Å². The second kappa shape index (κ2) is 11.9. The van der Waals surface area contributed by atoms with E-state index in [1.165, 1.54) is 39.2 Å². The van der Waals surface area contributed by atoms with Crippen LogP contribution in [0.5, 0.6) is 23.0 Å². The molecule has 0 bridgehead atoms. The highest BCUT2D eigenvalue weighted by Crippen LogP contribution is 2.39. The molecule has 2 heterocycles. The summed E-state index contributed by atoms with van der Waals surface area (Å²) in [6, 6.07) is 8.12. The molecule has 0 N–H and O–H groups in total. The molecule has 1 aliphatic heterocycles. The third kappa shape index (κ3) is 5.55. The lowest BCUT2D eigenvalue weighted by Crippen LogP contribution is -2.37. The van der Waals surface area contributed by atoms with Gasteiger partial charge in [-0.05, 0) is 43.5 Å². The van der Waals surface area contributed by atoms with E-state index in [-0.39, 0.29) is 35.0 Å². The molecule has 4 rings (SSSR count). The summed E-state index contributed by atoms with van der Waals surface area (Å²) >= 11 is 0. The lowest BCUT2D eigenvalue weighted by atomic mass is 10.0. The molecule has 1 saturated heterocycles. The molecule has 206 valence electrons. The highest BCUT2D eigenvalue weighted by molar-refractivity contribution is 6.18. The SMILES string of the molecule is C=C(COC(=O)n1cc(C(=O)c2cc(OC)c(OC)c(OC)c2)c2ccc(OC)cc21)C(=O)N1CCCCC1. The maximum absolute atomic E-state index is 13.7. The van der Waals surface area contributed by atoms with Gasteiger partial charge in [0.1, 0.15) is 12.4 Å². The van der Waals surface area contributed by atoms with Gasteiger partial charge >= 0.3 is 6.09 Å². The molecule has 39 heavy (non-hydrogen) atoms. The smallest absolute Gasteiger partial charge is 0.418 e. The average Bonchev–Trinajstić information content (AvgIpc) is 3.37. The Labute approximate surface area is 226 Å². The van der Waals surface area contributed by atoms with Crippen molar-refractivity contribution in [3.05, 3.63) is 59.8 Å². The van der Waals surface area contributed by atoms with Crippen LogP contribution >= 0.6 is 0 Å². The number of hydrogen-bond acceptors (Lipinski definition) is 8. The Morgan fingerprint density at radius 2 is 1.54 bits per heavy atom. The van der Waals surface area contributed by atoms with Gasteiger partial charge in [0.05, 0.1) is 34.0 Å². The van der Waals surface area contributed by atoms with Gasteiger partial charge in [-0.15, -0.1) is 0 Å². The lowest BCUT2D eigenvalue weighted by molar-refractivity contribution is -0.128. The molecule has 1 aromatic heterocycles. The number of piperidine rings is 1. The number of ether oxygens (including phenoxy) is 5. The fraction of sp³-hybridized carbons (Fsp3) is 0.345. The fourth-order valence-electron chi connectivity index (χ4n) is 4.63. The minimum atomic E-state index is -0.759.